The van der Waals surface area contributed by atoms with Gasteiger partial charge in [-0.25, -0.2) is 0 Å². The summed E-state index contributed by atoms with van der Waals surface area (Å²) >= 11 is 0. The minimum atomic E-state index is -0.0742. The highest BCUT2D eigenvalue weighted by Crippen LogP contribution is 2.13. The molecule has 2 heteroatoms. The lowest BCUT2D eigenvalue weighted by molar-refractivity contribution is 0.0284. The normalized spacial score (nSPS) is 12.0. The first-order valence-corrected chi connectivity index (χ1v) is 3.81. The number of hydrogen-bond acceptors (Lipinski definition) is 2. The van der Waals surface area contributed by atoms with Gasteiger partial charge in [0, 0.05) is 12.0 Å². The van der Waals surface area contributed by atoms with E-state index in [2.05, 4.69) is 6.92 Å². The van der Waals surface area contributed by atoms with Crippen LogP contribution in [0.15, 0.2) is 0 Å². The van der Waals surface area contributed by atoms with Crippen molar-refractivity contribution in [1.29, 1.82) is 0 Å². The van der Waals surface area contributed by atoms with Crippen molar-refractivity contribution in [1.82, 2.24) is 0 Å². The van der Waals surface area contributed by atoms with Gasteiger partial charge < -0.3 is 9.84 Å². The van der Waals surface area contributed by atoms with Crippen molar-refractivity contribution in [3.63, 3.8) is 0 Å². The van der Waals surface area contributed by atoms with Crippen LogP contribution >= 0.6 is 0 Å². The second-order valence-electron chi connectivity index (χ2n) is 3.37. The van der Waals surface area contributed by atoms with E-state index in [1.54, 1.807) is 0 Å². The van der Waals surface area contributed by atoms with Gasteiger partial charge in [0.05, 0.1) is 13.2 Å². The van der Waals surface area contributed by atoms with Gasteiger partial charge in [-0.1, -0.05) is 20.8 Å². The quantitative estimate of drug-likeness (QED) is 0.594. The van der Waals surface area contributed by atoms with E-state index in [4.69, 9.17) is 9.84 Å². The predicted octanol–water partition coefficient (Wildman–Crippen LogP) is 1.43. The second-order valence-corrected chi connectivity index (χ2v) is 3.37. The summed E-state index contributed by atoms with van der Waals surface area (Å²) in [5.41, 5.74) is -0.0742. The van der Waals surface area contributed by atoms with E-state index in [1.165, 1.54) is 0 Å². The standard InChI is InChI=1S/C8H18O2/c1-4-5-10-7-8(2,3)6-9/h9H,4-7H2,1-3H3. The summed E-state index contributed by atoms with van der Waals surface area (Å²) in [5, 5.41) is 8.81. The van der Waals surface area contributed by atoms with Crippen molar-refractivity contribution in [2.45, 2.75) is 27.2 Å². The molecule has 0 bridgehead atoms. The summed E-state index contributed by atoms with van der Waals surface area (Å²) in [7, 11) is 0. The third-order valence-electron chi connectivity index (χ3n) is 1.27. The lowest BCUT2D eigenvalue weighted by Crippen LogP contribution is -2.23. The molecule has 0 saturated heterocycles. The van der Waals surface area contributed by atoms with E-state index >= 15 is 0 Å². The van der Waals surface area contributed by atoms with Gasteiger partial charge in [0.1, 0.15) is 0 Å². The smallest absolute Gasteiger partial charge is 0.0539 e. The zero-order valence-corrected chi connectivity index (χ0v) is 7.18. The Balaban J connectivity index is 3.28. The molecule has 0 aliphatic rings. The maximum absolute atomic E-state index is 8.81. The molecule has 0 heterocycles. The molecule has 0 fully saturated rings. The molecule has 10 heavy (non-hydrogen) atoms. The predicted molar refractivity (Wildman–Crippen MR) is 42.0 cm³/mol. The van der Waals surface area contributed by atoms with E-state index in [0.717, 1.165) is 13.0 Å². The summed E-state index contributed by atoms with van der Waals surface area (Å²) in [6.07, 6.45) is 1.04. The molecule has 0 aromatic rings. The summed E-state index contributed by atoms with van der Waals surface area (Å²) < 4.78 is 5.28. The van der Waals surface area contributed by atoms with Crippen LogP contribution in [0.25, 0.3) is 0 Å². The average Bonchev–Trinajstić information content (AvgIpc) is 1.89. The lowest BCUT2D eigenvalue weighted by Gasteiger charge is -2.20. The zero-order chi connectivity index (χ0) is 8.04. The van der Waals surface area contributed by atoms with Crippen LogP contribution in [0.1, 0.15) is 27.2 Å². The Labute approximate surface area is 63.2 Å². The highest BCUT2D eigenvalue weighted by molar-refractivity contribution is 4.64. The van der Waals surface area contributed by atoms with Crippen molar-refractivity contribution < 1.29 is 9.84 Å². The van der Waals surface area contributed by atoms with Crippen LogP contribution in [0.3, 0.4) is 0 Å². The molecule has 62 valence electrons. The van der Waals surface area contributed by atoms with Crippen molar-refractivity contribution in [3.8, 4) is 0 Å². The largest absolute Gasteiger partial charge is 0.396 e. The first-order chi connectivity index (χ1) is 4.62. The summed E-state index contributed by atoms with van der Waals surface area (Å²) in [5.74, 6) is 0. The fraction of sp³-hybridized carbons (Fsp3) is 1.00. The van der Waals surface area contributed by atoms with Gasteiger partial charge in [-0.05, 0) is 6.42 Å². The van der Waals surface area contributed by atoms with Crippen molar-refractivity contribution >= 4 is 0 Å². The molecule has 0 rings (SSSR count). The fourth-order valence-electron chi connectivity index (χ4n) is 0.538. The van der Waals surface area contributed by atoms with Crippen LogP contribution in [-0.4, -0.2) is 24.9 Å². The highest BCUT2D eigenvalue weighted by Gasteiger charge is 2.15. The van der Waals surface area contributed by atoms with Gasteiger partial charge in [0.2, 0.25) is 0 Å². The topological polar surface area (TPSA) is 29.5 Å². The van der Waals surface area contributed by atoms with E-state index < -0.39 is 0 Å². The van der Waals surface area contributed by atoms with Crippen LogP contribution in [0.4, 0.5) is 0 Å². The van der Waals surface area contributed by atoms with E-state index in [9.17, 15) is 0 Å². The van der Waals surface area contributed by atoms with E-state index in [0.29, 0.717) is 6.61 Å². The molecule has 2 nitrogen and oxygen atoms in total. The molecule has 0 amide bonds. The number of rotatable bonds is 5. The number of hydrogen-bond donors (Lipinski definition) is 1. The molecule has 0 aliphatic carbocycles. The van der Waals surface area contributed by atoms with Crippen molar-refractivity contribution in [3.05, 3.63) is 0 Å². The van der Waals surface area contributed by atoms with Crippen LogP contribution in [0, 0.1) is 5.41 Å². The molecular formula is C8H18O2. The maximum Gasteiger partial charge on any atom is 0.0539 e. The van der Waals surface area contributed by atoms with Gasteiger partial charge in [0.25, 0.3) is 0 Å². The SMILES string of the molecule is CCCOCC(C)(C)CO. The second kappa shape index (κ2) is 4.69. The summed E-state index contributed by atoms with van der Waals surface area (Å²) in [6, 6.07) is 0. The van der Waals surface area contributed by atoms with Crippen LogP contribution in [0.5, 0.6) is 0 Å². The molecule has 0 radical (unpaired) electrons. The van der Waals surface area contributed by atoms with Crippen molar-refractivity contribution in [2.75, 3.05) is 19.8 Å². The first kappa shape index (κ1) is 9.92. The minimum Gasteiger partial charge on any atom is -0.396 e. The molecule has 0 atom stereocenters. The van der Waals surface area contributed by atoms with Gasteiger partial charge in [-0.2, -0.15) is 0 Å². The number of aliphatic hydroxyl groups is 1. The molecular weight excluding hydrogens is 128 g/mol. The third-order valence-corrected chi connectivity index (χ3v) is 1.27. The monoisotopic (exact) mass is 146 g/mol. The van der Waals surface area contributed by atoms with Gasteiger partial charge in [-0.15, -0.1) is 0 Å². The minimum absolute atomic E-state index is 0.0742. The van der Waals surface area contributed by atoms with Crippen LogP contribution in [0.2, 0.25) is 0 Å². The Morgan fingerprint density at radius 3 is 2.40 bits per heavy atom. The van der Waals surface area contributed by atoms with Crippen molar-refractivity contribution in [2.24, 2.45) is 5.41 Å². The Morgan fingerprint density at radius 1 is 1.40 bits per heavy atom. The molecule has 1 N–H and O–H groups in total. The molecule has 0 spiro atoms. The molecule has 0 unspecified atom stereocenters. The van der Waals surface area contributed by atoms with Crippen LogP contribution in [-0.2, 0) is 4.74 Å². The lowest BCUT2D eigenvalue weighted by atomic mass is 9.97. The maximum atomic E-state index is 8.81. The number of aliphatic hydroxyl groups excluding tert-OH is 1. The molecule has 0 aliphatic heterocycles. The van der Waals surface area contributed by atoms with E-state index in [1.807, 2.05) is 13.8 Å². The summed E-state index contributed by atoms with van der Waals surface area (Å²) in [6.45, 7) is 7.69. The first-order valence-electron chi connectivity index (χ1n) is 3.81. The third kappa shape index (κ3) is 4.77. The van der Waals surface area contributed by atoms with Crippen LogP contribution < -0.4 is 0 Å². The van der Waals surface area contributed by atoms with E-state index in [-0.39, 0.29) is 12.0 Å². The Bertz CT molecular complexity index is 79.3. The Hall–Kier alpha value is -0.0800. The highest BCUT2D eigenvalue weighted by atomic mass is 16.5. The van der Waals surface area contributed by atoms with Gasteiger partial charge in [-0.3, -0.25) is 0 Å². The molecule has 0 saturated carbocycles. The number of ether oxygens (including phenoxy) is 1. The van der Waals surface area contributed by atoms with Gasteiger partial charge in [0.15, 0.2) is 0 Å². The fourth-order valence-corrected chi connectivity index (χ4v) is 0.538. The van der Waals surface area contributed by atoms with Gasteiger partial charge >= 0.3 is 0 Å². The average molecular weight is 146 g/mol. The zero-order valence-electron chi connectivity index (χ0n) is 7.18. The summed E-state index contributed by atoms with van der Waals surface area (Å²) in [4.78, 5) is 0. The Kier molecular flexibility index (Phi) is 4.65. The molecule has 0 aromatic heterocycles. The Morgan fingerprint density at radius 2 is 2.00 bits per heavy atom. The molecule has 0 aromatic carbocycles.